The lowest BCUT2D eigenvalue weighted by molar-refractivity contribution is 0.0601. The van der Waals surface area contributed by atoms with Gasteiger partial charge in [0, 0.05) is 35.2 Å². The molecule has 8 heteroatoms. The molecule has 0 aliphatic heterocycles. The molecule has 3 heterocycles. The van der Waals surface area contributed by atoms with E-state index in [-0.39, 0.29) is 4.90 Å². The van der Waals surface area contributed by atoms with Gasteiger partial charge in [-0.1, -0.05) is 18.2 Å². The Hall–Kier alpha value is -3.39. The van der Waals surface area contributed by atoms with Crippen LogP contribution in [0, 0.1) is 0 Å². The van der Waals surface area contributed by atoms with E-state index in [9.17, 15) is 13.2 Å². The molecule has 136 valence electrons. The van der Waals surface area contributed by atoms with Gasteiger partial charge >= 0.3 is 5.97 Å². The van der Waals surface area contributed by atoms with E-state index in [4.69, 9.17) is 4.74 Å². The van der Waals surface area contributed by atoms with Crippen LogP contribution in [0.15, 0.2) is 72.0 Å². The molecule has 4 aromatic rings. The van der Waals surface area contributed by atoms with Crippen molar-refractivity contribution in [2.45, 2.75) is 4.90 Å². The molecule has 0 unspecified atom stereocenters. The van der Waals surface area contributed by atoms with Gasteiger partial charge in [-0.05, 0) is 30.3 Å². The number of hydrogen-bond acceptors (Lipinski definition) is 5. The highest BCUT2D eigenvalue weighted by Crippen LogP contribution is 2.29. The largest absolute Gasteiger partial charge is 0.465 e. The Morgan fingerprint density at radius 1 is 1.15 bits per heavy atom. The second kappa shape index (κ2) is 6.40. The highest BCUT2D eigenvalue weighted by atomic mass is 32.2. The van der Waals surface area contributed by atoms with Crippen molar-refractivity contribution in [1.82, 2.24) is 13.9 Å². The van der Waals surface area contributed by atoms with Crippen LogP contribution in [0.3, 0.4) is 0 Å². The third-order valence-electron chi connectivity index (χ3n) is 4.25. The number of pyridine rings is 1. The van der Waals surface area contributed by atoms with Crippen molar-refractivity contribution in [3.8, 4) is 11.3 Å². The Morgan fingerprint density at radius 3 is 2.67 bits per heavy atom. The fourth-order valence-electron chi connectivity index (χ4n) is 2.94. The molecule has 3 aromatic heterocycles. The molecule has 0 aliphatic rings. The van der Waals surface area contributed by atoms with E-state index in [0.29, 0.717) is 22.3 Å². The van der Waals surface area contributed by atoms with Crippen LogP contribution in [0.1, 0.15) is 10.4 Å². The molecule has 0 fully saturated rings. The molecule has 0 amide bonds. The van der Waals surface area contributed by atoms with Gasteiger partial charge in [-0.15, -0.1) is 0 Å². The van der Waals surface area contributed by atoms with E-state index in [1.807, 2.05) is 0 Å². The zero-order chi connectivity index (χ0) is 19.0. The smallest absolute Gasteiger partial charge is 0.339 e. The number of aromatic amines is 1. The van der Waals surface area contributed by atoms with E-state index < -0.39 is 16.0 Å². The fourth-order valence-corrected chi connectivity index (χ4v) is 4.26. The number of methoxy groups -OCH3 is 1. The lowest BCUT2D eigenvalue weighted by Gasteiger charge is -2.07. The fraction of sp³-hybridized carbons (Fsp3) is 0.0526. The number of nitrogens with zero attached hydrogens (tertiary/aromatic N) is 2. The number of carbonyl (C=O) groups excluding carboxylic acids is 1. The first-order valence-electron chi connectivity index (χ1n) is 8.06. The standard InChI is InChI=1S/C19H15N3O4S/c1-26-19(23)13-11-17(21-12-13)15-7-9-20-18-16(15)8-10-22(18)27(24,25)14-5-3-2-4-6-14/h2-12,21H,1H3. The minimum atomic E-state index is -3.76. The third kappa shape index (κ3) is 2.80. The molecular formula is C19H15N3O4S. The first kappa shape index (κ1) is 17.0. The molecule has 27 heavy (non-hydrogen) atoms. The molecule has 0 bridgehead atoms. The number of fused-ring (bicyclic) bond motifs is 1. The molecule has 0 radical (unpaired) electrons. The van der Waals surface area contributed by atoms with Gasteiger partial charge in [-0.3, -0.25) is 0 Å². The van der Waals surface area contributed by atoms with E-state index in [2.05, 4.69) is 9.97 Å². The summed E-state index contributed by atoms with van der Waals surface area (Å²) in [6, 6.07) is 13.3. The Labute approximate surface area is 155 Å². The van der Waals surface area contributed by atoms with Crippen LogP contribution in [-0.4, -0.2) is 35.4 Å². The summed E-state index contributed by atoms with van der Waals surface area (Å²) in [6.07, 6.45) is 4.56. The minimum absolute atomic E-state index is 0.183. The van der Waals surface area contributed by atoms with Crippen molar-refractivity contribution in [1.29, 1.82) is 0 Å². The van der Waals surface area contributed by atoms with Gasteiger partial charge in [-0.25, -0.2) is 22.2 Å². The van der Waals surface area contributed by atoms with Crippen LogP contribution < -0.4 is 0 Å². The number of hydrogen-bond donors (Lipinski definition) is 1. The second-order valence-electron chi connectivity index (χ2n) is 5.82. The first-order valence-corrected chi connectivity index (χ1v) is 9.50. The molecule has 0 aliphatic carbocycles. The van der Waals surface area contributed by atoms with Crippen LogP contribution in [-0.2, 0) is 14.8 Å². The van der Waals surface area contributed by atoms with Crippen LogP contribution >= 0.6 is 0 Å². The van der Waals surface area contributed by atoms with Crippen molar-refractivity contribution in [3.63, 3.8) is 0 Å². The summed E-state index contributed by atoms with van der Waals surface area (Å²) >= 11 is 0. The first-order chi connectivity index (χ1) is 13.0. The number of ether oxygens (including phenoxy) is 1. The zero-order valence-electron chi connectivity index (χ0n) is 14.3. The van der Waals surface area contributed by atoms with E-state index in [0.717, 1.165) is 9.54 Å². The highest BCUT2D eigenvalue weighted by molar-refractivity contribution is 7.90. The quantitative estimate of drug-likeness (QED) is 0.548. The summed E-state index contributed by atoms with van der Waals surface area (Å²) in [7, 11) is -2.45. The SMILES string of the molecule is COC(=O)c1c[nH]c(-c2ccnc3c2ccn3S(=O)(=O)c2ccccc2)c1. The van der Waals surface area contributed by atoms with E-state index in [1.54, 1.807) is 54.7 Å². The number of aromatic nitrogens is 3. The number of carbonyl (C=O) groups is 1. The third-order valence-corrected chi connectivity index (χ3v) is 5.93. The van der Waals surface area contributed by atoms with Crippen LogP contribution in [0.5, 0.6) is 0 Å². The Balaban J connectivity index is 1.86. The summed E-state index contributed by atoms with van der Waals surface area (Å²) in [5, 5.41) is 0.648. The lowest BCUT2D eigenvalue weighted by atomic mass is 10.1. The predicted octanol–water partition coefficient (Wildman–Crippen LogP) is 3.06. The summed E-state index contributed by atoms with van der Waals surface area (Å²) in [5.41, 5.74) is 2.09. The summed E-state index contributed by atoms with van der Waals surface area (Å²) in [5.74, 6) is -0.452. The summed E-state index contributed by atoms with van der Waals surface area (Å²) < 4.78 is 31.8. The zero-order valence-corrected chi connectivity index (χ0v) is 15.1. The van der Waals surface area contributed by atoms with Crippen molar-refractivity contribution in [3.05, 3.63) is 72.7 Å². The normalized spacial score (nSPS) is 11.6. The van der Waals surface area contributed by atoms with Gasteiger partial charge in [0.15, 0.2) is 5.65 Å². The van der Waals surface area contributed by atoms with Gasteiger partial charge in [0.05, 0.1) is 17.6 Å². The molecular weight excluding hydrogens is 366 g/mol. The molecule has 7 nitrogen and oxygen atoms in total. The summed E-state index contributed by atoms with van der Waals surface area (Å²) in [6.45, 7) is 0. The predicted molar refractivity (Wildman–Crippen MR) is 99.9 cm³/mol. The molecule has 0 atom stereocenters. The monoisotopic (exact) mass is 381 g/mol. The summed E-state index contributed by atoms with van der Waals surface area (Å²) in [4.78, 5) is 19.1. The Bertz CT molecular complexity index is 1240. The average molecular weight is 381 g/mol. The van der Waals surface area contributed by atoms with Crippen molar-refractivity contribution < 1.29 is 17.9 Å². The number of nitrogens with one attached hydrogen (secondary N) is 1. The van der Waals surface area contributed by atoms with Crippen molar-refractivity contribution >= 4 is 27.0 Å². The van der Waals surface area contributed by atoms with Gasteiger partial charge in [-0.2, -0.15) is 0 Å². The minimum Gasteiger partial charge on any atom is -0.465 e. The number of rotatable bonds is 4. The molecule has 0 saturated heterocycles. The van der Waals surface area contributed by atoms with Crippen LogP contribution in [0.25, 0.3) is 22.3 Å². The van der Waals surface area contributed by atoms with E-state index >= 15 is 0 Å². The average Bonchev–Trinajstić information content (AvgIpc) is 3.35. The molecule has 0 saturated carbocycles. The number of esters is 1. The molecule has 4 rings (SSSR count). The van der Waals surface area contributed by atoms with Gasteiger partial charge in [0.25, 0.3) is 10.0 Å². The topological polar surface area (TPSA) is 94.1 Å². The Kier molecular flexibility index (Phi) is 4.04. The van der Waals surface area contributed by atoms with Gasteiger partial charge in [0.1, 0.15) is 0 Å². The van der Waals surface area contributed by atoms with Crippen LogP contribution in [0.2, 0.25) is 0 Å². The van der Waals surface area contributed by atoms with Crippen molar-refractivity contribution in [2.75, 3.05) is 7.11 Å². The molecule has 0 spiro atoms. The van der Waals surface area contributed by atoms with Gasteiger partial charge < -0.3 is 9.72 Å². The van der Waals surface area contributed by atoms with Crippen LogP contribution in [0.4, 0.5) is 0 Å². The van der Waals surface area contributed by atoms with Gasteiger partial charge in [0.2, 0.25) is 0 Å². The van der Waals surface area contributed by atoms with Crippen molar-refractivity contribution in [2.24, 2.45) is 0 Å². The second-order valence-corrected chi connectivity index (χ2v) is 7.63. The van der Waals surface area contributed by atoms with E-state index in [1.165, 1.54) is 19.5 Å². The number of H-pyrrole nitrogens is 1. The maximum atomic E-state index is 12.9. The highest BCUT2D eigenvalue weighted by Gasteiger charge is 2.21. The molecule has 1 N–H and O–H groups in total. The number of benzene rings is 1. The Morgan fingerprint density at radius 2 is 1.93 bits per heavy atom. The lowest BCUT2D eigenvalue weighted by Crippen LogP contribution is -2.12. The maximum absolute atomic E-state index is 12.9. The molecule has 1 aromatic carbocycles. The maximum Gasteiger partial charge on any atom is 0.339 e.